The molecule has 2 heteroatoms. The number of benzene rings is 4. The summed E-state index contributed by atoms with van der Waals surface area (Å²) in [5, 5.41) is 5.82. The number of rotatable bonds is 8. The van der Waals surface area contributed by atoms with Crippen molar-refractivity contribution in [1.29, 1.82) is 0 Å². The van der Waals surface area contributed by atoms with Crippen LogP contribution < -0.4 is 21.2 Å². The third-order valence-electron chi connectivity index (χ3n) is 6.36. The summed E-state index contributed by atoms with van der Waals surface area (Å²) in [5.41, 5.74) is 0. The molecule has 0 fully saturated rings. The summed E-state index contributed by atoms with van der Waals surface area (Å²) in [6.07, 6.45) is 4.68. The predicted octanol–water partition coefficient (Wildman–Crippen LogP) is 5.50. The molecule has 152 valence electrons. The molecule has 0 amide bonds. The van der Waals surface area contributed by atoms with Gasteiger partial charge in [0.1, 0.15) is 0 Å². The zero-order valence-corrected chi connectivity index (χ0v) is 19.4. The topological polar surface area (TPSA) is 0 Å². The van der Waals surface area contributed by atoms with E-state index in [-0.39, 0.29) is 0 Å². The van der Waals surface area contributed by atoms with Gasteiger partial charge in [0.05, 0.1) is 0 Å². The Labute approximate surface area is 183 Å². The van der Waals surface area contributed by atoms with E-state index in [4.69, 9.17) is 0 Å². The van der Waals surface area contributed by atoms with Gasteiger partial charge in [-0.05, 0) is 0 Å². The average molecular weight is 428 g/mol. The van der Waals surface area contributed by atoms with E-state index in [9.17, 15) is 0 Å². The van der Waals surface area contributed by atoms with Crippen LogP contribution in [0.5, 0.6) is 0 Å². The Morgan fingerprint density at radius 2 is 0.733 bits per heavy atom. The molecule has 0 saturated carbocycles. The Morgan fingerprint density at radius 3 is 1.00 bits per heavy atom. The SMILES string of the molecule is PCCCCP(c1ccccc1)(c1ccccc1)(c1ccccc1)c1ccccc1. The van der Waals surface area contributed by atoms with Crippen LogP contribution in [0.25, 0.3) is 0 Å². The summed E-state index contributed by atoms with van der Waals surface area (Å²) in [6.45, 7) is -2.92. The first-order valence-corrected chi connectivity index (χ1v) is 14.0. The fourth-order valence-corrected chi connectivity index (χ4v) is 12.3. The maximum absolute atomic E-state index is 2.92. The summed E-state index contributed by atoms with van der Waals surface area (Å²) in [6, 6.07) is 45.2. The molecule has 1 atom stereocenters. The standard InChI is InChI=1S/C28H30P2/c29-23-13-14-24-30(25-15-5-1-6-16-25,26-17-7-2-8-18-26,27-19-9-3-10-20-27)28-21-11-4-12-22-28/h1-12,15-22H,13-14,23-24,29H2. The zero-order valence-electron chi connectivity index (χ0n) is 17.4. The van der Waals surface area contributed by atoms with Gasteiger partial charge >= 0.3 is 184 Å². The molecule has 0 aliphatic rings. The first-order valence-electron chi connectivity index (χ1n) is 10.8. The Balaban J connectivity index is 2.21. The van der Waals surface area contributed by atoms with Crippen LogP contribution in [0.3, 0.4) is 0 Å². The van der Waals surface area contributed by atoms with Crippen LogP contribution in [-0.2, 0) is 0 Å². The van der Waals surface area contributed by atoms with Gasteiger partial charge in [-0.2, -0.15) is 0 Å². The second kappa shape index (κ2) is 9.26. The third-order valence-corrected chi connectivity index (χ3v) is 13.7. The minimum atomic E-state index is -2.92. The first kappa shape index (κ1) is 21.0. The fourth-order valence-electron chi connectivity index (χ4n) is 5.01. The van der Waals surface area contributed by atoms with E-state index in [1.165, 1.54) is 34.1 Å². The van der Waals surface area contributed by atoms with Crippen LogP contribution in [0.1, 0.15) is 12.8 Å². The van der Waals surface area contributed by atoms with Crippen LogP contribution in [0.4, 0.5) is 0 Å². The Bertz CT molecular complexity index is 875. The van der Waals surface area contributed by atoms with Gasteiger partial charge in [0, 0.05) is 0 Å². The van der Waals surface area contributed by atoms with Gasteiger partial charge in [0.25, 0.3) is 0 Å². The third kappa shape index (κ3) is 3.33. The van der Waals surface area contributed by atoms with Gasteiger partial charge in [-0.3, -0.25) is 0 Å². The van der Waals surface area contributed by atoms with Crippen molar-refractivity contribution in [3.8, 4) is 0 Å². The van der Waals surface area contributed by atoms with Crippen molar-refractivity contribution in [3.05, 3.63) is 121 Å². The molecule has 0 aliphatic heterocycles. The van der Waals surface area contributed by atoms with Gasteiger partial charge in [0.2, 0.25) is 0 Å². The molecule has 30 heavy (non-hydrogen) atoms. The molecular formula is C28H30P2. The van der Waals surface area contributed by atoms with E-state index in [1.54, 1.807) is 0 Å². The van der Waals surface area contributed by atoms with Crippen molar-refractivity contribution in [2.45, 2.75) is 12.8 Å². The van der Waals surface area contributed by atoms with Crippen LogP contribution in [0.2, 0.25) is 0 Å². The van der Waals surface area contributed by atoms with E-state index < -0.39 is 6.60 Å². The van der Waals surface area contributed by atoms with Crippen molar-refractivity contribution >= 4 is 37.1 Å². The molecule has 0 aliphatic carbocycles. The fraction of sp³-hybridized carbons (Fsp3) is 0.143. The maximum atomic E-state index is 2.91. The van der Waals surface area contributed by atoms with Gasteiger partial charge in [-0.25, -0.2) is 0 Å². The zero-order chi connectivity index (χ0) is 20.7. The van der Waals surface area contributed by atoms with Crippen molar-refractivity contribution in [2.24, 2.45) is 0 Å². The average Bonchev–Trinajstić information content (AvgIpc) is 2.85. The van der Waals surface area contributed by atoms with Crippen molar-refractivity contribution in [2.75, 3.05) is 12.3 Å². The van der Waals surface area contributed by atoms with Crippen LogP contribution in [0.15, 0.2) is 121 Å². The first-order chi connectivity index (χ1) is 14.8. The predicted molar refractivity (Wildman–Crippen MR) is 140 cm³/mol. The van der Waals surface area contributed by atoms with Crippen LogP contribution in [-0.4, -0.2) is 12.3 Å². The molecular weight excluding hydrogens is 398 g/mol. The molecule has 0 radical (unpaired) electrons. The van der Waals surface area contributed by atoms with Crippen LogP contribution in [0, 0.1) is 0 Å². The molecule has 0 aromatic heterocycles. The summed E-state index contributed by atoms with van der Waals surface area (Å²) >= 11 is 0. The molecule has 0 N–H and O–H groups in total. The Morgan fingerprint density at radius 1 is 0.433 bits per heavy atom. The molecule has 4 rings (SSSR count). The van der Waals surface area contributed by atoms with Crippen molar-refractivity contribution < 1.29 is 0 Å². The van der Waals surface area contributed by atoms with Gasteiger partial charge < -0.3 is 0 Å². The molecule has 4 aromatic rings. The number of unbranched alkanes of at least 4 members (excludes halogenated alkanes) is 1. The molecule has 4 aromatic carbocycles. The number of hydrogen-bond acceptors (Lipinski definition) is 0. The normalized spacial score (nSPS) is 12.8. The van der Waals surface area contributed by atoms with Crippen molar-refractivity contribution in [3.63, 3.8) is 0 Å². The van der Waals surface area contributed by atoms with E-state index in [2.05, 4.69) is 131 Å². The summed E-state index contributed by atoms with van der Waals surface area (Å²) in [7, 11) is 2.91. The summed E-state index contributed by atoms with van der Waals surface area (Å²) in [5.74, 6) is 0. The monoisotopic (exact) mass is 428 g/mol. The molecule has 0 bridgehead atoms. The van der Waals surface area contributed by atoms with E-state index >= 15 is 0 Å². The Kier molecular flexibility index (Phi) is 6.48. The molecule has 0 saturated heterocycles. The van der Waals surface area contributed by atoms with E-state index in [0.29, 0.717) is 0 Å². The van der Waals surface area contributed by atoms with Crippen molar-refractivity contribution in [1.82, 2.24) is 0 Å². The second-order valence-electron chi connectivity index (χ2n) is 7.86. The molecule has 0 heterocycles. The van der Waals surface area contributed by atoms with Gasteiger partial charge in [-0.15, -0.1) is 0 Å². The quantitative estimate of drug-likeness (QED) is 0.257. The number of hydrogen-bond donors (Lipinski definition) is 0. The molecule has 0 spiro atoms. The van der Waals surface area contributed by atoms with Gasteiger partial charge in [0.15, 0.2) is 0 Å². The summed E-state index contributed by atoms with van der Waals surface area (Å²) < 4.78 is 0. The van der Waals surface area contributed by atoms with E-state index in [0.717, 1.165) is 12.3 Å². The van der Waals surface area contributed by atoms with Gasteiger partial charge in [-0.1, -0.05) is 0 Å². The Hall–Kier alpha value is -2.26. The van der Waals surface area contributed by atoms with E-state index in [1.807, 2.05) is 0 Å². The second-order valence-corrected chi connectivity index (χ2v) is 13.6. The van der Waals surface area contributed by atoms with Crippen LogP contribution >= 0.6 is 15.8 Å². The molecule has 0 nitrogen and oxygen atoms in total. The molecule has 1 unspecified atom stereocenters. The minimum absolute atomic E-state index is 1.14. The summed E-state index contributed by atoms with van der Waals surface area (Å²) in [4.78, 5) is 0.